The summed E-state index contributed by atoms with van der Waals surface area (Å²) in [4.78, 5) is 5.48. The molecule has 6 nitrogen and oxygen atoms in total. The topological polar surface area (TPSA) is 62.7 Å². The van der Waals surface area contributed by atoms with Crippen LogP contribution in [0.15, 0.2) is 17.0 Å². The summed E-state index contributed by atoms with van der Waals surface area (Å²) in [6.07, 6.45) is -3.57. The zero-order chi connectivity index (χ0) is 18.9. The van der Waals surface area contributed by atoms with E-state index in [0.717, 1.165) is 38.3 Å². The van der Waals surface area contributed by atoms with Crippen LogP contribution in [-0.2, 0) is 20.9 Å². The third-order valence-corrected chi connectivity index (χ3v) is 6.85. The summed E-state index contributed by atoms with van der Waals surface area (Å²) >= 11 is 0. The molecule has 0 radical (unpaired) electrons. The fourth-order valence-electron chi connectivity index (χ4n) is 3.36. The van der Waals surface area contributed by atoms with Crippen LogP contribution >= 0.6 is 0 Å². The van der Waals surface area contributed by atoms with Crippen LogP contribution in [0.4, 0.5) is 13.2 Å². The van der Waals surface area contributed by atoms with E-state index in [9.17, 15) is 21.6 Å². The van der Waals surface area contributed by atoms with Crippen molar-refractivity contribution in [2.45, 2.75) is 24.4 Å². The van der Waals surface area contributed by atoms with Gasteiger partial charge < -0.3 is 9.64 Å². The molecule has 0 unspecified atom stereocenters. The predicted molar refractivity (Wildman–Crippen MR) is 88.1 cm³/mol. The first-order valence-electron chi connectivity index (χ1n) is 8.53. The molecule has 1 aromatic heterocycles. The summed E-state index contributed by atoms with van der Waals surface area (Å²) in [7, 11) is -3.85. The highest BCUT2D eigenvalue weighted by Gasteiger charge is 2.35. The Balaban J connectivity index is 1.67. The van der Waals surface area contributed by atoms with Gasteiger partial charge in [-0.2, -0.15) is 17.5 Å². The van der Waals surface area contributed by atoms with Crippen molar-refractivity contribution >= 4 is 10.0 Å². The van der Waals surface area contributed by atoms with Crippen LogP contribution in [0.5, 0.6) is 0 Å². The minimum atomic E-state index is -4.59. The van der Waals surface area contributed by atoms with Crippen LogP contribution in [0.1, 0.15) is 17.8 Å². The molecule has 1 aromatic rings. The molecule has 0 amide bonds. The predicted octanol–water partition coefficient (Wildman–Crippen LogP) is 1.75. The van der Waals surface area contributed by atoms with Crippen molar-refractivity contribution in [2.75, 3.05) is 45.9 Å². The zero-order valence-electron chi connectivity index (χ0n) is 14.5. The molecule has 2 saturated heterocycles. The van der Waals surface area contributed by atoms with E-state index in [1.54, 1.807) is 0 Å². The van der Waals surface area contributed by atoms with E-state index in [-0.39, 0.29) is 10.6 Å². The monoisotopic (exact) mass is 393 g/mol. The van der Waals surface area contributed by atoms with Gasteiger partial charge >= 0.3 is 6.18 Å². The number of hydrogen-bond donors (Lipinski definition) is 0. The maximum atomic E-state index is 12.8. The quantitative estimate of drug-likeness (QED) is 0.780. The van der Waals surface area contributed by atoms with Crippen molar-refractivity contribution in [3.05, 3.63) is 23.5 Å². The molecule has 3 heterocycles. The molecule has 2 aliphatic rings. The number of pyridine rings is 1. The van der Waals surface area contributed by atoms with E-state index in [4.69, 9.17) is 4.74 Å². The molecule has 0 spiro atoms. The summed E-state index contributed by atoms with van der Waals surface area (Å²) in [5, 5.41) is 0. The highest BCUT2D eigenvalue weighted by Crippen LogP contribution is 2.30. The number of aryl methyl sites for hydroxylation is 1. The molecule has 3 rings (SSSR count). The number of halogens is 3. The summed E-state index contributed by atoms with van der Waals surface area (Å²) in [6.45, 7) is 5.53. The second kappa shape index (κ2) is 7.41. The van der Waals surface area contributed by atoms with E-state index < -0.39 is 21.9 Å². The van der Waals surface area contributed by atoms with Crippen molar-refractivity contribution in [1.29, 1.82) is 0 Å². The normalized spacial score (nSPS) is 23.5. The molecular formula is C16H22F3N3O3S. The molecule has 0 bridgehead atoms. The lowest BCUT2D eigenvalue weighted by Gasteiger charge is -2.35. The average molecular weight is 393 g/mol. The molecule has 0 N–H and O–H groups in total. The van der Waals surface area contributed by atoms with Gasteiger partial charge in [-0.15, -0.1) is 0 Å². The molecule has 0 aromatic carbocycles. The first-order valence-corrected chi connectivity index (χ1v) is 9.97. The van der Waals surface area contributed by atoms with Gasteiger partial charge in [-0.3, -0.25) is 0 Å². The molecule has 10 heteroatoms. The summed E-state index contributed by atoms with van der Waals surface area (Å²) in [5.74, 6) is 0.486. The minimum Gasteiger partial charge on any atom is -0.381 e. The Morgan fingerprint density at radius 2 is 1.92 bits per heavy atom. The largest absolute Gasteiger partial charge is 0.433 e. The van der Waals surface area contributed by atoms with Crippen molar-refractivity contribution in [2.24, 2.45) is 5.92 Å². The minimum absolute atomic E-state index is 0.134. The van der Waals surface area contributed by atoms with E-state index in [2.05, 4.69) is 9.88 Å². The van der Waals surface area contributed by atoms with Gasteiger partial charge in [0.1, 0.15) is 10.6 Å². The van der Waals surface area contributed by atoms with Crippen LogP contribution < -0.4 is 0 Å². The third-order valence-electron chi connectivity index (χ3n) is 4.82. The lowest BCUT2D eigenvalue weighted by Crippen LogP contribution is -2.49. The number of alkyl halides is 3. The van der Waals surface area contributed by atoms with E-state index >= 15 is 0 Å². The Morgan fingerprint density at radius 1 is 1.23 bits per heavy atom. The first kappa shape index (κ1) is 19.5. The van der Waals surface area contributed by atoms with Crippen molar-refractivity contribution in [3.63, 3.8) is 0 Å². The van der Waals surface area contributed by atoms with Crippen molar-refractivity contribution in [3.8, 4) is 0 Å². The Labute approximate surface area is 151 Å². The number of nitrogens with zero attached hydrogens (tertiary/aromatic N) is 3. The summed E-state index contributed by atoms with van der Waals surface area (Å²) in [5.41, 5.74) is -1.22. The molecule has 146 valence electrons. The first-order chi connectivity index (χ1) is 12.2. The van der Waals surface area contributed by atoms with Gasteiger partial charge in [0, 0.05) is 39.3 Å². The molecule has 0 saturated carbocycles. The highest BCUT2D eigenvalue weighted by molar-refractivity contribution is 7.89. The van der Waals surface area contributed by atoms with Gasteiger partial charge in [0.15, 0.2) is 0 Å². The Morgan fingerprint density at radius 3 is 2.46 bits per heavy atom. The van der Waals surface area contributed by atoms with Gasteiger partial charge in [-0.1, -0.05) is 0 Å². The highest BCUT2D eigenvalue weighted by atomic mass is 32.2. The molecular weight excluding hydrogens is 371 g/mol. The Hall–Kier alpha value is -1.23. The third kappa shape index (κ3) is 4.19. The molecule has 0 aliphatic carbocycles. The van der Waals surface area contributed by atoms with Crippen LogP contribution in [-0.4, -0.2) is 68.5 Å². The smallest absolute Gasteiger partial charge is 0.381 e. The SMILES string of the molecule is Cc1nc(C(F)(F)F)ccc1S(=O)(=O)N1CCN(C[C@H]2CCOC2)CC1. The van der Waals surface area contributed by atoms with Crippen LogP contribution in [0, 0.1) is 12.8 Å². The van der Waals surface area contributed by atoms with Gasteiger partial charge in [-0.05, 0) is 31.4 Å². The number of ether oxygens (including phenoxy) is 1. The second-order valence-corrected chi connectivity index (χ2v) is 8.62. The Kier molecular flexibility index (Phi) is 5.57. The number of hydrogen-bond acceptors (Lipinski definition) is 5. The molecule has 2 fully saturated rings. The maximum absolute atomic E-state index is 12.8. The zero-order valence-corrected chi connectivity index (χ0v) is 15.3. The van der Waals surface area contributed by atoms with Crippen molar-refractivity contribution in [1.82, 2.24) is 14.2 Å². The van der Waals surface area contributed by atoms with Gasteiger partial charge in [0.25, 0.3) is 0 Å². The summed E-state index contributed by atoms with van der Waals surface area (Å²) < 4.78 is 70.4. The lowest BCUT2D eigenvalue weighted by molar-refractivity contribution is -0.141. The van der Waals surface area contributed by atoms with Crippen molar-refractivity contribution < 1.29 is 26.3 Å². The number of piperazine rings is 1. The standard InChI is InChI=1S/C16H22F3N3O3S/c1-12-14(2-3-15(20-12)16(17,18)19)26(23,24)22-7-5-21(6-8-22)10-13-4-9-25-11-13/h2-3,13H,4-11H2,1H3/t13-/m1/s1. The lowest BCUT2D eigenvalue weighted by atomic mass is 10.1. The van der Waals surface area contributed by atoms with Gasteiger partial charge in [0.05, 0.1) is 12.3 Å². The van der Waals surface area contributed by atoms with Crippen LogP contribution in [0.25, 0.3) is 0 Å². The molecule has 26 heavy (non-hydrogen) atoms. The Bertz CT molecular complexity index is 741. The fourth-order valence-corrected chi connectivity index (χ4v) is 4.94. The average Bonchev–Trinajstić information content (AvgIpc) is 3.07. The number of rotatable bonds is 4. The van der Waals surface area contributed by atoms with E-state index in [1.807, 2.05) is 0 Å². The number of sulfonamides is 1. The number of aromatic nitrogens is 1. The fraction of sp³-hybridized carbons (Fsp3) is 0.688. The summed E-state index contributed by atoms with van der Waals surface area (Å²) in [6, 6.07) is 1.72. The molecule has 1 atom stereocenters. The van der Waals surface area contributed by atoms with Gasteiger partial charge in [0.2, 0.25) is 10.0 Å². The second-order valence-electron chi connectivity index (χ2n) is 6.71. The maximum Gasteiger partial charge on any atom is 0.433 e. The van der Waals surface area contributed by atoms with E-state index in [0.29, 0.717) is 32.1 Å². The van der Waals surface area contributed by atoms with E-state index in [1.165, 1.54) is 11.2 Å². The van der Waals surface area contributed by atoms with Crippen LogP contribution in [0.3, 0.4) is 0 Å². The van der Waals surface area contributed by atoms with Crippen LogP contribution in [0.2, 0.25) is 0 Å². The van der Waals surface area contributed by atoms with Gasteiger partial charge in [-0.25, -0.2) is 13.4 Å². The molecule has 2 aliphatic heterocycles.